The van der Waals surface area contributed by atoms with Crippen molar-refractivity contribution in [1.29, 1.82) is 0 Å². The maximum absolute atomic E-state index is 12.3. The van der Waals surface area contributed by atoms with Gasteiger partial charge in [0.15, 0.2) is 0 Å². The summed E-state index contributed by atoms with van der Waals surface area (Å²) >= 11 is 0. The summed E-state index contributed by atoms with van der Waals surface area (Å²) in [6.07, 6.45) is 8.06. The lowest BCUT2D eigenvalue weighted by Gasteiger charge is -2.33. The Morgan fingerprint density at radius 2 is 2.00 bits per heavy atom. The predicted molar refractivity (Wildman–Crippen MR) is 85.8 cm³/mol. The molecule has 1 amide bonds. The van der Waals surface area contributed by atoms with Crippen LogP contribution in [0.1, 0.15) is 58.3 Å². The van der Waals surface area contributed by atoms with E-state index in [9.17, 15) is 9.59 Å². The Morgan fingerprint density at radius 3 is 2.70 bits per heavy atom. The highest BCUT2D eigenvalue weighted by atomic mass is 16.6. The van der Waals surface area contributed by atoms with Gasteiger partial charge in [0.1, 0.15) is 6.61 Å². The molecule has 2 atom stereocenters. The van der Waals surface area contributed by atoms with Crippen LogP contribution in [0, 0.1) is 11.8 Å². The molecule has 0 bridgehead atoms. The Morgan fingerprint density at radius 1 is 1.22 bits per heavy atom. The summed E-state index contributed by atoms with van der Waals surface area (Å²) < 4.78 is 11.0. The van der Waals surface area contributed by atoms with Crippen molar-refractivity contribution in [2.45, 2.75) is 70.4 Å². The minimum absolute atomic E-state index is 0.0424. The molecule has 2 heterocycles. The Bertz CT molecular complexity index is 425. The molecule has 0 N–H and O–H groups in total. The average Bonchev–Trinajstić information content (AvgIpc) is 2.96. The topological polar surface area (TPSA) is 55.8 Å². The first-order valence-corrected chi connectivity index (χ1v) is 9.21. The molecule has 1 saturated carbocycles. The standard InChI is InChI=1S/C18H29NO4/c1-13-5-7-15(8-6-13)19-11-14(10-17(19)20)18(21)23-12-16-4-2-3-9-22-16/h13-16H,2-12H2,1H3. The zero-order valence-electron chi connectivity index (χ0n) is 14.2. The van der Waals surface area contributed by atoms with Gasteiger partial charge in [-0.05, 0) is 50.9 Å². The summed E-state index contributed by atoms with van der Waals surface area (Å²) in [6, 6.07) is 0.332. The molecule has 0 aromatic carbocycles. The van der Waals surface area contributed by atoms with Crippen molar-refractivity contribution in [3.63, 3.8) is 0 Å². The number of rotatable bonds is 4. The third-order valence-electron chi connectivity index (χ3n) is 5.60. The molecule has 2 aliphatic heterocycles. The highest BCUT2D eigenvalue weighted by Crippen LogP contribution is 2.31. The van der Waals surface area contributed by atoms with Gasteiger partial charge in [0.2, 0.25) is 5.91 Å². The molecule has 0 radical (unpaired) electrons. The second-order valence-corrected chi connectivity index (χ2v) is 7.48. The van der Waals surface area contributed by atoms with Crippen LogP contribution in [-0.4, -0.2) is 48.7 Å². The van der Waals surface area contributed by atoms with Gasteiger partial charge in [0.05, 0.1) is 12.0 Å². The highest BCUT2D eigenvalue weighted by Gasteiger charge is 2.39. The van der Waals surface area contributed by atoms with Gasteiger partial charge in [-0.3, -0.25) is 9.59 Å². The van der Waals surface area contributed by atoms with Crippen molar-refractivity contribution in [1.82, 2.24) is 4.90 Å². The fourth-order valence-electron chi connectivity index (χ4n) is 4.03. The van der Waals surface area contributed by atoms with Gasteiger partial charge in [-0.25, -0.2) is 0 Å². The third kappa shape index (κ3) is 4.25. The van der Waals surface area contributed by atoms with E-state index >= 15 is 0 Å². The Hall–Kier alpha value is -1.10. The number of likely N-dealkylation sites (tertiary alicyclic amines) is 1. The Labute approximate surface area is 138 Å². The van der Waals surface area contributed by atoms with Crippen molar-refractivity contribution in [3.05, 3.63) is 0 Å². The van der Waals surface area contributed by atoms with Crippen LogP contribution in [0.4, 0.5) is 0 Å². The lowest BCUT2D eigenvalue weighted by atomic mass is 9.87. The molecule has 0 aromatic rings. The van der Waals surface area contributed by atoms with E-state index in [1.807, 2.05) is 4.90 Å². The number of ether oxygens (including phenoxy) is 2. The number of amides is 1. The number of hydrogen-bond acceptors (Lipinski definition) is 4. The molecular formula is C18H29NO4. The Kier molecular flexibility index (Phi) is 5.57. The number of esters is 1. The molecule has 0 aromatic heterocycles. The van der Waals surface area contributed by atoms with E-state index < -0.39 is 0 Å². The van der Waals surface area contributed by atoms with E-state index in [0.29, 0.717) is 25.6 Å². The van der Waals surface area contributed by atoms with Gasteiger partial charge in [-0.15, -0.1) is 0 Å². The molecule has 5 nitrogen and oxygen atoms in total. The van der Waals surface area contributed by atoms with Crippen LogP contribution in [0.5, 0.6) is 0 Å². The molecule has 5 heteroatoms. The van der Waals surface area contributed by atoms with Gasteiger partial charge in [-0.2, -0.15) is 0 Å². The van der Waals surface area contributed by atoms with E-state index in [-0.39, 0.29) is 23.9 Å². The largest absolute Gasteiger partial charge is 0.463 e. The molecule has 0 spiro atoms. The first-order valence-electron chi connectivity index (χ1n) is 9.21. The van der Waals surface area contributed by atoms with E-state index in [1.54, 1.807) is 0 Å². The summed E-state index contributed by atoms with van der Waals surface area (Å²) in [5.74, 6) is 0.380. The molecular weight excluding hydrogens is 294 g/mol. The minimum atomic E-state index is -0.287. The smallest absolute Gasteiger partial charge is 0.311 e. The summed E-state index contributed by atoms with van der Waals surface area (Å²) in [6.45, 7) is 3.92. The molecule has 2 unspecified atom stereocenters. The second-order valence-electron chi connectivity index (χ2n) is 7.48. The van der Waals surface area contributed by atoms with Crippen LogP contribution in [0.2, 0.25) is 0 Å². The quantitative estimate of drug-likeness (QED) is 0.746. The fraction of sp³-hybridized carbons (Fsp3) is 0.889. The predicted octanol–water partition coefficient (Wildman–Crippen LogP) is 2.53. The summed E-state index contributed by atoms with van der Waals surface area (Å²) in [5.41, 5.74) is 0. The van der Waals surface area contributed by atoms with Gasteiger partial charge >= 0.3 is 5.97 Å². The lowest BCUT2D eigenvalue weighted by molar-refractivity contribution is -0.153. The first kappa shape index (κ1) is 16.7. The van der Waals surface area contributed by atoms with Gasteiger partial charge in [0, 0.05) is 25.6 Å². The highest BCUT2D eigenvalue weighted by molar-refractivity contribution is 5.87. The number of carbonyl (C=O) groups is 2. The van der Waals surface area contributed by atoms with E-state index in [0.717, 1.165) is 44.6 Å². The van der Waals surface area contributed by atoms with Crippen molar-refractivity contribution < 1.29 is 19.1 Å². The van der Waals surface area contributed by atoms with Gasteiger partial charge in [-0.1, -0.05) is 6.92 Å². The van der Waals surface area contributed by atoms with Gasteiger partial charge in [0.25, 0.3) is 0 Å². The molecule has 1 aliphatic carbocycles. The van der Waals surface area contributed by atoms with Crippen LogP contribution in [-0.2, 0) is 19.1 Å². The van der Waals surface area contributed by atoms with Crippen LogP contribution in [0.25, 0.3) is 0 Å². The van der Waals surface area contributed by atoms with Crippen LogP contribution in [0.3, 0.4) is 0 Å². The Balaban J connectivity index is 1.45. The maximum atomic E-state index is 12.3. The SMILES string of the molecule is CC1CCC(N2CC(C(=O)OCC3CCCCO3)CC2=O)CC1. The summed E-state index contributed by atoms with van der Waals surface area (Å²) in [4.78, 5) is 26.5. The normalized spacial score (nSPS) is 35.3. The van der Waals surface area contributed by atoms with Crippen molar-refractivity contribution in [3.8, 4) is 0 Å². The first-order chi connectivity index (χ1) is 11.1. The van der Waals surface area contributed by atoms with Gasteiger partial charge < -0.3 is 14.4 Å². The van der Waals surface area contributed by atoms with Crippen LogP contribution >= 0.6 is 0 Å². The number of carbonyl (C=O) groups excluding carboxylic acids is 2. The average molecular weight is 323 g/mol. The molecule has 3 fully saturated rings. The maximum Gasteiger partial charge on any atom is 0.311 e. The minimum Gasteiger partial charge on any atom is -0.463 e. The molecule has 3 aliphatic rings. The van der Waals surface area contributed by atoms with Crippen LogP contribution < -0.4 is 0 Å². The fourth-order valence-corrected chi connectivity index (χ4v) is 4.03. The number of nitrogens with zero attached hydrogens (tertiary/aromatic N) is 1. The van der Waals surface area contributed by atoms with Crippen molar-refractivity contribution in [2.24, 2.45) is 11.8 Å². The van der Waals surface area contributed by atoms with Crippen molar-refractivity contribution >= 4 is 11.9 Å². The van der Waals surface area contributed by atoms with E-state index in [1.165, 1.54) is 12.8 Å². The third-order valence-corrected chi connectivity index (χ3v) is 5.60. The zero-order valence-corrected chi connectivity index (χ0v) is 14.2. The molecule has 3 rings (SSSR count). The van der Waals surface area contributed by atoms with Crippen molar-refractivity contribution in [2.75, 3.05) is 19.8 Å². The monoisotopic (exact) mass is 323 g/mol. The summed E-state index contributed by atoms with van der Waals surface area (Å²) in [5, 5.41) is 0. The van der Waals surface area contributed by atoms with Crippen LogP contribution in [0.15, 0.2) is 0 Å². The molecule has 2 saturated heterocycles. The summed E-state index contributed by atoms with van der Waals surface area (Å²) in [7, 11) is 0. The van der Waals surface area contributed by atoms with E-state index in [4.69, 9.17) is 9.47 Å². The molecule has 23 heavy (non-hydrogen) atoms. The second kappa shape index (κ2) is 7.65. The zero-order chi connectivity index (χ0) is 16.2. The van der Waals surface area contributed by atoms with E-state index in [2.05, 4.69) is 6.92 Å². The lowest BCUT2D eigenvalue weighted by Crippen LogP contribution is -2.39. The molecule has 130 valence electrons. The number of hydrogen-bond donors (Lipinski definition) is 0.